The molecular formula is C15H16ClFN2O2. The van der Waals surface area contributed by atoms with Crippen LogP contribution in [0.25, 0.3) is 5.69 Å². The van der Waals surface area contributed by atoms with Crippen LogP contribution in [0, 0.1) is 19.7 Å². The van der Waals surface area contributed by atoms with Crippen molar-refractivity contribution < 1.29 is 13.9 Å². The van der Waals surface area contributed by atoms with Crippen molar-refractivity contribution in [1.82, 2.24) is 9.78 Å². The maximum Gasteiger partial charge on any atom is 0.312 e. The number of hydrogen-bond donors (Lipinski definition) is 0. The van der Waals surface area contributed by atoms with Crippen molar-refractivity contribution in [2.45, 2.75) is 26.7 Å². The predicted octanol–water partition coefficient (Wildman–Crippen LogP) is 3.56. The molecule has 0 saturated carbocycles. The van der Waals surface area contributed by atoms with Gasteiger partial charge in [0.15, 0.2) is 0 Å². The number of aryl methyl sites for hydroxylation is 1. The highest BCUT2D eigenvalue weighted by Crippen LogP contribution is 2.27. The van der Waals surface area contributed by atoms with Gasteiger partial charge in [-0.3, -0.25) is 4.79 Å². The van der Waals surface area contributed by atoms with Crippen LogP contribution in [0.5, 0.6) is 0 Å². The molecule has 6 heteroatoms. The van der Waals surface area contributed by atoms with Gasteiger partial charge in [-0.2, -0.15) is 5.10 Å². The zero-order chi connectivity index (χ0) is 15.7. The van der Waals surface area contributed by atoms with Crippen LogP contribution in [0.2, 0.25) is 5.02 Å². The smallest absolute Gasteiger partial charge is 0.312 e. The molecule has 112 valence electrons. The second-order valence-corrected chi connectivity index (χ2v) is 5.25. The third-order valence-corrected chi connectivity index (χ3v) is 3.79. The molecule has 0 aliphatic carbocycles. The van der Waals surface area contributed by atoms with E-state index in [2.05, 4.69) is 5.10 Å². The SMILES string of the molecule is COC(=O)C(C)c1c(C)nn(-c2ccc(Cl)c(F)c2)c1C. The van der Waals surface area contributed by atoms with E-state index in [0.29, 0.717) is 11.4 Å². The lowest BCUT2D eigenvalue weighted by molar-refractivity contribution is -0.142. The Kier molecular flexibility index (Phi) is 4.32. The Bertz CT molecular complexity index is 697. The average Bonchev–Trinajstić information content (AvgIpc) is 2.75. The Morgan fingerprint density at radius 1 is 1.43 bits per heavy atom. The lowest BCUT2D eigenvalue weighted by Crippen LogP contribution is -2.12. The Hall–Kier alpha value is -1.88. The molecule has 0 aliphatic rings. The third kappa shape index (κ3) is 2.78. The largest absolute Gasteiger partial charge is 0.469 e. The fourth-order valence-corrected chi connectivity index (χ4v) is 2.56. The molecule has 1 aromatic heterocycles. The molecule has 1 atom stereocenters. The minimum absolute atomic E-state index is 0.0587. The zero-order valence-electron chi connectivity index (χ0n) is 12.3. The summed E-state index contributed by atoms with van der Waals surface area (Å²) in [7, 11) is 1.35. The van der Waals surface area contributed by atoms with Gasteiger partial charge >= 0.3 is 5.97 Å². The first-order valence-electron chi connectivity index (χ1n) is 6.46. The van der Waals surface area contributed by atoms with E-state index in [9.17, 15) is 9.18 Å². The molecule has 2 aromatic rings. The van der Waals surface area contributed by atoms with E-state index in [-0.39, 0.29) is 11.0 Å². The minimum Gasteiger partial charge on any atom is -0.469 e. The topological polar surface area (TPSA) is 44.1 Å². The molecule has 0 N–H and O–H groups in total. The van der Waals surface area contributed by atoms with Crippen LogP contribution < -0.4 is 0 Å². The van der Waals surface area contributed by atoms with Gasteiger partial charge in [0, 0.05) is 17.3 Å². The standard InChI is InChI=1S/C15H16ClFN2O2/c1-8(15(20)21-4)14-9(2)18-19(10(14)3)11-5-6-12(16)13(17)7-11/h5-8H,1-4H3. The Labute approximate surface area is 127 Å². The summed E-state index contributed by atoms with van der Waals surface area (Å²) in [6, 6.07) is 4.47. The molecule has 0 spiro atoms. The number of rotatable bonds is 3. The number of hydrogen-bond acceptors (Lipinski definition) is 3. The second-order valence-electron chi connectivity index (χ2n) is 4.84. The van der Waals surface area contributed by atoms with Crippen molar-refractivity contribution in [3.05, 3.63) is 46.0 Å². The van der Waals surface area contributed by atoms with E-state index < -0.39 is 11.7 Å². The highest BCUT2D eigenvalue weighted by Gasteiger charge is 2.24. The fourth-order valence-electron chi connectivity index (χ4n) is 2.44. The highest BCUT2D eigenvalue weighted by atomic mass is 35.5. The summed E-state index contributed by atoms with van der Waals surface area (Å²) < 4.78 is 20.0. The van der Waals surface area contributed by atoms with Crippen LogP contribution in [0.4, 0.5) is 4.39 Å². The van der Waals surface area contributed by atoms with Crippen LogP contribution in [-0.4, -0.2) is 22.9 Å². The molecule has 0 saturated heterocycles. The van der Waals surface area contributed by atoms with Crippen molar-refractivity contribution in [3.8, 4) is 5.69 Å². The number of esters is 1. The highest BCUT2D eigenvalue weighted by molar-refractivity contribution is 6.30. The lowest BCUT2D eigenvalue weighted by atomic mass is 9.99. The second kappa shape index (κ2) is 5.85. The number of ether oxygens (including phenoxy) is 1. The van der Waals surface area contributed by atoms with Crippen molar-refractivity contribution in [2.24, 2.45) is 0 Å². The average molecular weight is 311 g/mol. The summed E-state index contributed by atoms with van der Waals surface area (Å²) in [5.74, 6) is -1.27. The van der Waals surface area contributed by atoms with Crippen LogP contribution in [0.15, 0.2) is 18.2 Å². The molecule has 4 nitrogen and oxygen atoms in total. The van der Waals surface area contributed by atoms with Crippen molar-refractivity contribution in [1.29, 1.82) is 0 Å². The molecule has 0 radical (unpaired) electrons. The number of halogens is 2. The molecule has 0 aliphatic heterocycles. The van der Waals surface area contributed by atoms with E-state index in [0.717, 1.165) is 11.3 Å². The summed E-state index contributed by atoms with van der Waals surface area (Å²) in [4.78, 5) is 11.7. The molecule has 0 bridgehead atoms. The predicted molar refractivity (Wildman–Crippen MR) is 78.4 cm³/mol. The maximum absolute atomic E-state index is 13.6. The normalized spacial score (nSPS) is 12.3. The number of methoxy groups -OCH3 is 1. The van der Waals surface area contributed by atoms with E-state index in [1.165, 1.54) is 19.2 Å². The first-order valence-corrected chi connectivity index (χ1v) is 6.84. The Morgan fingerprint density at radius 2 is 2.10 bits per heavy atom. The van der Waals surface area contributed by atoms with Crippen LogP contribution in [0.3, 0.4) is 0 Å². The summed E-state index contributed by atoms with van der Waals surface area (Å²) in [5.41, 5.74) is 2.82. The quantitative estimate of drug-likeness (QED) is 0.814. The van der Waals surface area contributed by atoms with Gasteiger partial charge in [0.25, 0.3) is 0 Å². The Balaban J connectivity index is 2.52. The van der Waals surface area contributed by atoms with Gasteiger partial charge in [-0.1, -0.05) is 11.6 Å². The number of carbonyl (C=O) groups is 1. The molecule has 1 aromatic carbocycles. The number of nitrogens with zero attached hydrogens (tertiary/aromatic N) is 2. The van der Waals surface area contributed by atoms with Crippen LogP contribution in [-0.2, 0) is 9.53 Å². The van der Waals surface area contributed by atoms with E-state index in [1.807, 2.05) is 13.8 Å². The van der Waals surface area contributed by atoms with Crippen LogP contribution >= 0.6 is 11.6 Å². The monoisotopic (exact) mass is 310 g/mol. The van der Waals surface area contributed by atoms with Gasteiger partial charge in [-0.05, 0) is 32.9 Å². The summed E-state index contributed by atoms with van der Waals surface area (Å²) in [5, 5.41) is 4.45. The van der Waals surface area contributed by atoms with Crippen molar-refractivity contribution in [2.75, 3.05) is 7.11 Å². The van der Waals surface area contributed by atoms with E-state index in [4.69, 9.17) is 16.3 Å². The number of carbonyl (C=O) groups excluding carboxylic acids is 1. The van der Waals surface area contributed by atoms with Gasteiger partial charge in [0.2, 0.25) is 0 Å². The summed E-state index contributed by atoms with van der Waals surface area (Å²) in [6.45, 7) is 5.40. The lowest BCUT2D eigenvalue weighted by Gasteiger charge is -2.10. The van der Waals surface area contributed by atoms with Crippen molar-refractivity contribution >= 4 is 17.6 Å². The number of benzene rings is 1. The zero-order valence-corrected chi connectivity index (χ0v) is 13.0. The summed E-state index contributed by atoms with van der Waals surface area (Å²) >= 11 is 5.69. The molecular weight excluding hydrogens is 295 g/mol. The Morgan fingerprint density at radius 3 is 2.67 bits per heavy atom. The van der Waals surface area contributed by atoms with E-state index in [1.54, 1.807) is 17.7 Å². The van der Waals surface area contributed by atoms with Gasteiger partial charge in [0.1, 0.15) is 5.82 Å². The molecule has 21 heavy (non-hydrogen) atoms. The summed E-state index contributed by atoms with van der Waals surface area (Å²) in [6.07, 6.45) is 0. The van der Waals surface area contributed by atoms with Gasteiger partial charge < -0.3 is 4.74 Å². The first-order chi connectivity index (χ1) is 9.86. The molecule has 0 fully saturated rings. The van der Waals surface area contributed by atoms with E-state index >= 15 is 0 Å². The van der Waals surface area contributed by atoms with Crippen LogP contribution in [0.1, 0.15) is 29.8 Å². The molecule has 1 unspecified atom stereocenters. The first kappa shape index (κ1) is 15.5. The molecule has 0 amide bonds. The van der Waals surface area contributed by atoms with Gasteiger partial charge in [-0.25, -0.2) is 9.07 Å². The molecule has 2 rings (SSSR count). The third-order valence-electron chi connectivity index (χ3n) is 3.48. The van der Waals surface area contributed by atoms with Gasteiger partial charge in [-0.15, -0.1) is 0 Å². The van der Waals surface area contributed by atoms with Crippen molar-refractivity contribution in [3.63, 3.8) is 0 Å². The fraction of sp³-hybridized carbons (Fsp3) is 0.333. The number of aromatic nitrogens is 2. The minimum atomic E-state index is -0.510. The maximum atomic E-state index is 13.6. The van der Waals surface area contributed by atoms with Gasteiger partial charge in [0.05, 0.1) is 29.4 Å². The molecule has 1 heterocycles.